The smallest absolute Gasteiger partial charge is 0.360 e. The zero-order valence-electron chi connectivity index (χ0n) is 13.0. The number of nitrogens with zero attached hydrogens (tertiary/aromatic N) is 3. The van der Waals surface area contributed by atoms with Gasteiger partial charge < -0.3 is 4.74 Å². The highest BCUT2D eigenvalue weighted by atomic mass is 32.2. The van der Waals surface area contributed by atoms with Crippen LogP contribution in [0.2, 0.25) is 0 Å². The van der Waals surface area contributed by atoms with Crippen molar-refractivity contribution in [2.75, 3.05) is 12.4 Å². The monoisotopic (exact) mass is 317 g/mol. The summed E-state index contributed by atoms with van der Waals surface area (Å²) in [6.07, 6.45) is 1.40. The minimum absolute atomic E-state index is 0.0208. The predicted molar refractivity (Wildman–Crippen MR) is 78.9 cm³/mol. The first-order valence-corrected chi connectivity index (χ1v) is 8.86. The molecule has 0 atom stereocenters. The Balaban J connectivity index is 2.95. The minimum atomic E-state index is -3.15. The predicted octanol–water partition coefficient (Wildman–Crippen LogP) is 1.23. The Morgan fingerprint density at radius 3 is 2.52 bits per heavy atom. The third-order valence-corrected chi connectivity index (χ3v) is 5.29. The molecular formula is C13H23N3O4S. The summed E-state index contributed by atoms with van der Waals surface area (Å²) in [6, 6.07) is 0. The second kappa shape index (κ2) is 7.53. The van der Waals surface area contributed by atoms with Crippen LogP contribution in [0.4, 0.5) is 0 Å². The van der Waals surface area contributed by atoms with Crippen LogP contribution < -0.4 is 0 Å². The number of ether oxygens (including phenoxy) is 1. The highest BCUT2D eigenvalue weighted by molar-refractivity contribution is 7.91. The molecule has 0 saturated carbocycles. The van der Waals surface area contributed by atoms with Crippen LogP contribution in [0.3, 0.4) is 0 Å². The van der Waals surface area contributed by atoms with Crippen LogP contribution in [-0.2, 0) is 27.5 Å². The Morgan fingerprint density at radius 2 is 2.00 bits per heavy atom. The molecule has 1 aromatic rings. The molecule has 8 heteroatoms. The van der Waals surface area contributed by atoms with Crippen LogP contribution in [0.25, 0.3) is 0 Å². The van der Waals surface area contributed by atoms with Gasteiger partial charge >= 0.3 is 5.97 Å². The second-order valence-corrected chi connectivity index (χ2v) is 7.67. The van der Waals surface area contributed by atoms with Crippen molar-refractivity contribution in [2.45, 2.75) is 52.3 Å². The summed E-state index contributed by atoms with van der Waals surface area (Å²) in [5.41, 5.74) is 0.815. The van der Waals surface area contributed by atoms with Gasteiger partial charge in [0, 0.05) is 0 Å². The summed E-state index contributed by atoms with van der Waals surface area (Å²) in [5, 5.41) is 7.31. The van der Waals surface area contributed by atoms with Crippen LogP contribution in [-0.4, -0.2) is 47.0 Å². The standard InChI is InChI=1S/C13H23N3O4S/c1-5-7-11-12(13(17)20-6-2)14-15-16(11)8-9-21(18,19)10(3)4/h10H,5-9H2,1-4H3. The van der Waals surface area contributed by atoms with Gasteiger partial charge in [-0.3, -0.25) is 0 Å². The maximum Gasteiger partial charge on any atom is 0.360 e. The highest BCUT2D eigenvalue weighted by Crippen LogP contribution is 2.11. The molecule has 1 aromatic heterocycles. The molecule has 0 fully saturated rings. The Bertz CT molecular complexity index is 578. The van der Waals surface area contributed by atoms with Crippen LogP contribution in [0.5, 0.6) is 0 Å². The number of sulfone groups is 1. The van der Waals surface area contributed by atoms with Gasteiger partial charge in [0.1, 0.15) is 0 Å². The van der Waals surface area contributed by atoms with Crippen molar-refractivity contribution in [3.63, 3.8) is 0 Å². The summed E-state index contributed by atoms with van der Waals surface area (Å²) in [6.45, 7) is 7.44. The Morgan fingerprint density at radius 1 is 1.33 bits per heavy atom. The van der Waals surface area contributed by atoms with E-state index in [0.717, 1.165) is 6.42 Å². The van der Waals surface area contributed by atoms with Crippen molar-refractivity contribution in [1.82, 2.24) is 15.0 Å². The van der Waals surface area contributed by atoms with E-state index in [9.17, 15) is 13.2 Å². The summed E-state index contributed by atoms with van der Waals surface area (Å²) in [5.74, 6) is -0.536. The molecule has 0 radical (unpaired) electrons. The van der Waals surface area contributed by atoms with Crippen molar-refractivity contribution in [3.05, 3.63) is 11.4 Å². The van der Waals surface area contributed by atoms with Crippen LogP contribution in [0.1, 0.15) is 50.3 Å². The molecule has 0 saturated heterocycles. The molecule has 0 N–H and O–H groups in total. The molecule has 0 aliphatic heterocycles. The Labute approximate surface area is 125 Å². The van der Waals surface area contributed by atoms with E-state index in [1.54, 1.807) is 20.8 Å². The van der Waals surface area contributed by atoms with Gasteiger partial charge in [0.2, 0.25) is 0 Å². The van der Waals surface area contributed by atoms with Gasteiger partial charge in [-0.05, 0) is 27.2 Å². The van der Waals surface area contributed by atoms with E-state index in [0.29, 0.717) is 12.1 Å². The molecule has 0 spiro atoms. The van der Waals surface area contributed by atoms with Gasteiger partial charge in [0.05, 0.1) is 29.8 Å². The lowest BCUT2D eigenvalue weighted by atomic mass is 10.2. The lowest BCUT2D eigenvalue weighted by Crippen LogP contribution is -2.22. The number of aromatic nitrogens is 3. The molecule has 0 aromatic carbocycles. The summed E-state index contributed by atoms with van der Waals surface area (Å²) >= 11 is 0. The van der Waals surface area contributed by atoms with Gasteiger partial charge in [-0.25, -0.2) is 17.9 Å². The maximum absolute atomic E-state index is 11.9. The first-order chi connectivity index (χ1) is 9.83. The van der Waals surface area contributed by atoms with E-state index in [1.807, 2.05) is 6.92 Å². The number of aryl methyl sites for hydroxylation is 1. The molecule has 0 unspecified atom stereocenters. The molecule has 7 nitrogen and oxygen atoms in total. The first-order valence-electron chi connectivity index (χ1n) is 7.14. The van der Waals surface area contributed by atoms with E-state index in [2.05, 4.69) is 10.3 Å². The Kier molecular flexibility index (Phi) is 6.32. The molecule has 1 rings (SSSR count). The molecule has 0 aliphatic carbocycles. The van der Waals surface area contributed by atoms with E-state index in [1.165, 1.54) is 4.68 Å². The average Bonchev–Trinajstić information content (AvgIpc) is 2.80. The van der Waals surface area contributed by atoms with Crippen molar-refractivity contribution in [3.8, 4) is 0 Å². The average molecular weight is 317 g/mol. The number of rotatable bonds is 8. The normalized spacial score (nSPS) is 11.9. The first kappa shape index (κ1) is 17.6. The van der Waals surface area contributed by atoms with Crippen molar-refractivity contribution in [1.29, 1.82) is 0 Å². The van der Waals surface area contributed by atoms with E-state index in [-0.39, 0.29) is 24.6 Å². The lowest BCUT2D eigenvalue weighted by Gasteiger charge is -2.09. The zero-order chi connectivity index (χ0) is 16.0. The molecule has 120 valence electrons. The largest absolute Gasteiger partial charge is 0.461 e. The third kappa shape index (κ3) is 4.52. The summed E-state index contributed by atoms with van der Waals surface area (Å²) in [7, 11) is -3.15. The molecule has 21 heavy (non-hydrogen) atoms. The van der Waals surface area contributed by atoms with Gasteiger partial charge in [-0.15, -0.1) is 5.10 Å². The number of carbonyl (C=O) groups is 1. The molecule has 1 heterocycles. The topological polar surface area (TPSA) is 91.2 Å². The minimum Gasteiger partial charge on any atom is -0.461 e. The summed E-state index contributed by atoms with van der Waals surface area (Å²) in [4.78, 5) is 11.8. The van der Waals surface area contributed by atoms with Crippen molar-refractivity contribution in [2.24, 2.45) is 0 Å². The van der Waals surface area contributed by atoms with Gasteiger partial charge in [0.15, 0.2) is 15.5 Å². The highest BCUT2D eigenvalue weighted by Gasteiger charge is 2.22. The molecule has 0 bridgehead atoms. The number of esters is 1. The zero-order valence-corrected chi connectivity index (χ0v) is 13.8. The number of carbonyl (C=O) groups excluding carboxylic acids is 1. The van der Waals surface area contributed by atoms with Crippen LogP contribution in [0.15, 0.2) is 0 Å². The Hall–Kier alpha value is -1.44. The van der Waals surface area contributed by atoms with Gasteiger partial charge in [-0.2, -0.15) is 0 Å². The van der Waals surface area contributed by atoms with Crippen molar-refractivity contribution >= 4 is 15.8 Å². The van der Waals surface area contributed by atoms with Gasteiger partial charge in [-0.1, -0.05) is 18.6 Å². The number of hydrogen-bond donors (Lipinski definition) is 0. The molecular weight excluding hydrogens is 294 g/mol. The third-order valence-electron chi connectivity index (χ3n) is 3.10. The van der Waals surface area contributed by atoms with E-state index in [4.69, 9.17) is 4.74 Å². The van der Waals surface area contributed by atoms with E-state index < -0.39 is 21.1 Å². The fraction of sp³-hybridized carbons (Fsp3) is 0.769. The SMILES string of the molecule is CCCc1c(C(=O)OCC)nnn1CCS(=O)(=O)C(C)C. The van der Waals surface area contributed by atoms with Gasteiger partial charge in [0.25, 0.3) is 0 Å². The molecule has 0 amide bonds. The maximum atomic E-state index is 11.9. The number of hydrogen-bond acceptors (Lipinski definition) is 6. The van der Waals surface area contributed by atoms with Crippen LogP contribution >= 0.6 is 0 Å². The summed E-state index contributed by atoms with van der Waals surface area (Å²) < 4.78 is 30.2. The van der Waals surface area contributed by atoms with E-state index >= 15 is 0 Å². The quantitative estimate of drug-likeness (QED) is 0.670. The van der Waals surface area contributed by atoms with Crippen LogP contribution in [0, 0.1) is 0 Å². The fourth-order valence-electron chi connectivity index (χ4n) is 1.80. The molecule has 0 aliphatic rings. The fourth-order valence-corrected chi connectivity index (χ4v) is 2.70. The van der Waals surface area contributed by atoms with Crippen molar-refractivity contribution < 1.29 is 17.9 Å². The lowest BCUT2D eigenvalue weighted by molar-refractivity contribution is 0.0518. The second-order valence-electron chi connectivity index (χ2n) is 4.99.